The largest absolute Gasteiger partial charge is 0.282 e. The second kappa shape index (κ2) is 4.51. The molecule has 0 unspecified atom stereocenters. The van der Waals surface area contributed by atoms with Gasteiger partial charge in [-0.25, -0.2) is 15.0 Å². The summed E-state index contributed by atoms with van der Waals surface area (Å²) in [6, 6.07) is 8.49. The third-order valence-corrected chi connectivity index (χ3v) is 4.48. The molecule has 0 spiro atoms. The van der Waals surface area contributed by atoms with Crippen molar-refractivity contribution >= 4 is 27.7 Å². The summed E-state index contributed by atoms with van der Waals surface area (Å²) >= 11 is 0. The summed E-state index contributed by atoms with van der Waals surface area (Å²) in [5, 5.41) is 0.993. The van der Waals surface area contributed by atoms with Crippen molar-refractivity contribution in [2.75, 3.05) is 0 Å². The highest BCUT2D eigenvalue weighted by atomic mass is 15.1. The highest BCUT2D eigenvalue weighted by Crippen LogP contribution is 2.27. The summed E-state index contributed by atoms with van der Waals surface area (Å²) < 4.78 is 2.06. The molecule has 0 atom stereocenters. The molecule has 116 valence electrons. The third-order valence-electron chi connectivity index (χ3n) is 4.48. The molecule has 0 N–H and O–H groups in total. The number of aromatic nitrogens is 4. The van der Waals surface area contributed by atoms with Gasteiger partial charge < -0.3 is 0 Å². The van der Waals surface area contributed by atoms with Gasteiger partial charge in [-0.2, -0.15) is 0 Å². The van der Waals surface area contributed by atoms with E-state index in [4.69, 9.17) is 9.97 Å². The van der Waals surface area contributed by atoms with Gasteiger partial charge in [-0.15, -0.1) is 0 Å². The maximum absolute atomic E-state index is 4.82. The van der Waals surface area contributed by atoms with E-state index in [1.54, 1.807) is 0 Å². The van der Waals surface area contributed by atoms with Crippen molar-refractivity contribution in [3.8, 4) is 0 Å². The van der Waals surface area contributed by atoms with E-state index in [0.717, 1.165) is 33.4 Å². The lowest BCUT2D eigenvalue weighted by molar-refractivity contribution is 0.571. The molecular weight excluding hydrogens is 284 g/mol. The molecule has 4 heteroatoms. The molecule has 0 radical (unpaired) electrons. The van der Waals surface area contributed by atoms with Gasteiger partial charge in [0.1, 0.15) is 12.0 Å². The zero-order valence-corrected chi connectivity index (χ0v) is 14.2. The monoisotopic (exact) mass is 304 g/mol. The lowest BCUT2D eigenvalue weighted by atomic mass is 9.91. The highest BCUT2D eigenvalue weighted by molar-refractivity contribution is 5.94. The van der Waals surface area contributed by atoms with Crippen LogP contribution in [0.4, 0.5) is 0 Å². The van der Waals surface area contributed by atoms with E-state index in [0.29, 0.717) is 0 Å². The van der Waals surface area contributed by atoms with Gasteiger partial charge in [0.25, 0.3) is 0 Å². The molecule has 0 aliphatic rings. The fourth-order valence-electron chi connectivity index (χ4n) is 2.91. The maximum Gasteiger partial charge on any atom is 0.164 e. The number of nitrogens with zero attached hydrogens (tertiary/aromatic N) is 4. The van der Waals surface area contributed by atoms with E-state index in [1.165, 1.54) is 11.1 Å². The van der Waals surface area contributed by atoms with Crippen molar-refractivity contribution < 1.29 is 0 Å². The minimum Gasteiger partial charge on any atom is -0.282 e. The zero-order chi connectivity index (χ0) is 16.4. The molecule has 3 aromatic heterocycles. The van der Waals surface area contributed by atoms with Crippen LogP contribution in [0.2, 0.25) is 0 Å². The first-order chi connectivity index (χ1) is 10.8. The summed E-state index contributed by atoms with van der Waals surface area (Å²) in [6.07, 6.45) is 1.83. The number of fused-ring (bicyclic) bond motifs is 5. The first-order valence-electron chi connectivity index (χ1n) is 7.90. The van der Waals surface area contributed by atoms with E-state index < -0.39 is 0 Å². The Morgan fingerprint density at radius 1 is 0.957 bits per heavy atom. The van der Waals surface area contributed by atoms with E-state index in [-0.39, 0.29) is 5.41 Å². The number of hydrogen-bond donors (Lipinski definition) is 0. The van der Waals surface area contributed by atoms with Crippen LogP contribution in [0.5, 0.6) is 0 Å². The van der Waals surface area contributed by atoms with Crippen molar-refractivity contribution in [2.45, 2.75) is 40.0 Å². The molecule has 4 aromatic rings. The Hall–Kier alpha value is -2.49. The normalized spacial score (nSPS) is 12.6. The topological polar surface area (TPSA) is 43.1 Å². The Bertz CT molecular complexity index is 1070. The average Bonchev–Trinajstić information content (AvgIpc) is 2.84. The Balaban J connectivity index is 2.09. The first kappa shape index (κ1) is 14.1. The third kappa shape index (κ3) is 2.09. The second-order valence-corrected chi connectivity index (χ2v) is 7.29. The van der Waals surface area contributed by atoms with Gasteiger partial charge in [-0.1, -0.05) is 20.8 Å². The van der Waals surface area contributed by atoms with Gasteiger partial charge in [0, 0.05) is 11.1 Å². The molecule has 0 aliphatic heterocycles. The van der Waals surface area contributed by atoms with E-state index in [9.17, 15) is 0 Å². The fraction of sp³-hybridized carbons (Fsp3) is 0.316. The first-order valence-corrected chi connectivity index (χ1v) is 7.90. The summed E-state index contributed by atoms with van der Waals surface area (Å²) in [4.78, 5) is 14.1. The molecule has 23 heavy (non-hydrogen) atoms. The summed E-state index contributed by atoms with van der Waals surface area (Å²) in [5.41, 5.74) is 7.35. The predicted octanol–water partition coefficient (Wildman–Crippen LogP) is 4.35. The lowest BCUT2D eigenvalue weighted by Gasteiger charge is -2.17. The van der Waals surface area contributed by atoms with E-state index in [2.05, 4.69) is 68.3 Å². The number of imidazole rings is 1. The van der Waals surface area contributed by atoms with Crippen LogP contribution < -0.4 is 0 Å². The van der Waals surface area contributed by atoms with Crippen LogP contribution in [-0.2, 0) is 5.41 Å². The van der Waals surface area contributed by atoms with Crippen LogP contribution in [0.25, 0.3) is 27.7 Å². The summed E-state index contributed by atoms with van der Waals surface area (Å²) in [5.74, 6) is 0. The molecule has 1 aromatic carbocycles. The average molecular weight is 304 g/mol. The zero-order valence-electron chi connectivity index (χ0n) is 14.2. The number of aryl methyl sites for hydroxylation is 2. The number of rotatable bonds is 0. The second-order valence-electron chi connectivity index (χ2n) is 7.29. The van der Waals surface area contributed by atoms with Crippen molar-refractivity contribution in [3.05, 3.63) is 47.4 Å². The van der Waals surface area contributed by atoms with Crippen molar-refractivity contribution in [3.63, 3.8) is 0 Å². The lowest BCUT2D eigenvalue weighted by Crippen LogP contribution is -2.13. The van der Waals surface area contributed by atoms with Gasteiger partial charge in [0.2, 0.25) is 0 Å². The van der Waals surface area contributed by atoms with Crippen molar-refractivity contribution in [2.24, 2.45) is 0 Å². The predicted molar refractivity (Wildman–Crippen MR) is 94.0 cm³/mol. The van der Waals surface area contributed by atoms with Crippen LogP contribution >= 0.6 is 0 Å². The Labute approximate surface area is 135 Å². The minimum atomic E-state index is 0.0103. The SMILES string of the molecule is Cc1cc2nc3c4ccc(C(C)(C)C)nc4ncn3c2cc1C. The highest BCUT2D eigenvalue weighted by Gasteiger charge is 2.17. The van der Waals surface area contributed by atoms with Crippen LogP contribution in [0.15, 0.2) is 30.6 Å². The maximum atomic E-state index is 4.82. The number of benzene rings is 1. The van der Waals surface area contributed by atoms with Crippen molar-refractivity contribution in [1.82, 2.24) is 19.4 Å². The quantitative estimate of drug-likeness (QED) is 0.485. The van der Waals surface area contributed by atoms with Crippen molar-refractivity contribution in [1.29, 1.82) is 0 Å². The van der Waals surface area contributed by atoms with E-state index in [1.807, 2.05) is 6.33 Å². The Kier molecular flexibility index (Phi) is 2.77. The number of hydrogen-bond acceptors (Lipinski definition) is 3. The van der Waals surface area contributed by atoms with Crippen LogP contribution in [-0.4, -0.2) is 19.4 Å². The summed E-state index contributed by atoms with van der Waals surface area (Å²) in [6.45, 7) is 10.7. The van der Waals surface area contributed by atoms with Gasteiger partial charge >= 0.3 is 0 Å². The van der Waals surface area contributed by atoms with Crippen LogP contribution in [0.1, 0.15) is 37.6 Å². The molecule has 3 heterocycles. The molecule has 0 saturated carbocycles. The van der Waals surface area contributed by atoms with Crippen LogP contribution in [0.3, 0.4) is 0 Å². The van der Waals surface area contributed by atoms with Gasteiger partial charge in [-0.05, 0) is 49.2 Å². The Morgan fingerprint density at radius 2 is 1.70 bits per heavy atom. The van der Waals surface area contributed by atoms with Gasteiger partial charge in [0.15, 0.2) is 5.65 Å². The minimum absolute atomic E-state index is 0.0103. The fourth-order valence-corrected chi connectivity index (χ4v) is 2.91. The smallest absolute Gasteiger partial charge is 0.164 e. The standard InChI is InChI=1S/C19H20N4/c1-11-8-14-15(9-12(11)2)23-10-20-17-13(18(23)21-14)6-7-16(22-17)19(3,4)5/h6-10H,1-5H3. The molecule has 0 aliphatic carbocycles. The molecular formula is C19H20N4. The van der Waals surface area contributed by atoms with Crippen LogP contribution in [0, 0.1) is 13.8 Å². The molecule has 4 rings (SSSR count). The summed E-state index contributed by atoms with van der Waals surface area (Å²) in [7, 11) is 0. The molecule has 4 nitrogen and oxygen atoms in total. The Morgan fingerprint density at radius 3 is 2.43 bits per heavy atom. The van der Waals surface area contributed by atoms with Gasteiger partial charge in [0.05, 0.1) is 16.4 Å². The molecule has 0 bridgehead atoms. The molecule has 0 fully saturated rings. The molecule has 0 amide bonds. The number of pyridine rings is 1. The van der Waals surface area contributed by atoms with E-state index >= 15 is 0 Å². The van der Waals surface area contributed by atoms with Gasteiger partial charge in [-0.3, -0.25) is 4.40 Å². The molecule has 0 saturated heterocycles.